The van der Waals surface area contributed by atoms with Gasteiger partial charge in [0.2, 0.25) is 0 Å². The van der Waals surface area contributed by atoms with Gasteiger partial charge in [-0.15, -0.1) is 11.3 Å². The lowest BCUT2D eigenvalue weighted by Crippen LogP contribution is -2.39. The van der Waals surface area contributed by atoms with E-state index in [0.29, 0.717) is 27.2 Å². The fraction of sp³-hybridized carbons (Fsp3) is 0.258. The van der Waals surface area contributed by atoms with Gasteiger partial charge in [-0.25, -0.2) is 9.79 Å². The first kappa shape index (κ1) is 26.8. The van der Waals surface area contributed by atoms with Crippen LogP contribution < -0.4 is 19.6 Å². The van der Waals surface area contributed by atoms with Crippen LogP contribution in [0, 0.1) is 0 Å². The summed E-state index contributed by atoms with van der Waals surface area (Å²) in [5, 5.41) is 1.94. The molecule has 0 bridgehead atoms. The predicted octanol–water partition coefficient (Wildman–Crippen LogP) is 5.61. The van der Waals surface area contributed by atoms with Gasteiger partial charge in [-0.1, -0.05) is 79.6 Å². The van der Waals surface area contributed by atoms with E-state index in [1.807, 2.05) is 78.2 Å². The maximum Gasteiger partial charge on any atom is 0.338 e. The fourth-order valence-corrected chi connectivity index (χ4v) is 6.32. The normalized spacial score (nSPS) is 15.1. The molecule has 200 valence electrons. The lowest BCUT2D eigenvalue weighted by atomic mass is 10.0. The first-order valence-electron chi connectivity index (χ1n) is 13.0. The minimum Gasteiger partial charge on any atom is -0.494 e. The average molecular weight is 559 g/mol. The van der Waals surface area contributed by atoms with Crippen LogP contribution >= 0.6 is 22.7 Å². The molecule has 3 heterocycles. The van der Waals surface area contributed by atoms with Crippen molar-refractivity contribution >= 4 is 34.7 Å². The van der Waals surface area contributed by atoms with Gasteiger partial charge in [0.25, 0.3) is 5.56 Å². The van der Waals surface area contributed by atoms with Crippen molar-refractivity contribution in [2.45, 2.75) is 45.8 Å². The average Bonchev–Trinajstić information content (AvgIpc) is 3.59. The number of esters is 1. The number of ether oxygens (including phenoxy) is 2. The van der Waals surface area contributed by atoms with Crippen LogP contribution in [-0.4, -0.2) is 17.1 Å². The molecule has 4 aromatic rings. The third-order valence-corrected chi connectivity index (χ3v) is 8.37. The Balaban J connectivity index is 1.45. The SMILES string of the molecule is CCCCCOc1ccc(C=c2sc3n(c2=O)C(c2cccs2)C(C(=O)OCc2ccccc2)=C(C)N=3)cc1. The molecule has 0 spiro atoms. The van der Waals surface area contributed by atoms with Crippen molar-refractivity contribution in [3.63, 3.8) is 0 Å². The molecule has 5 rings (SSSR count). The van der Waals surface area contributed by atoms with E-state index in [0.717, 1.165) is 41.0 Å². The van der Waals surface area contributed by atoms with Crippen LogP contribution in [-0.2, 0) is 16.1 Å². The molecule has 1 aliphatic heterocycles. The number of unbranched alkanes of at least 4 members (excludes halogenated alkanes) is 2. The van der Waals surface area contributed by atoms with E-state index < -0.39 is 12.0 Å². The van der Waals surface area contributed by atoms with E-state index in [1.54, 1.807) is 11.5 Å². The Bertz CT molecular complexity index is 1630. The third-order valence-electron chi connectivity index (χ3n) is 6.46. The Morgan fingerprint density at radius 3 is 2.56 bits per heavy atom. The Hall–Kier alpha value is -3.75. The number of allylic oxidation sites excluding steroid dienone is 1. The van der Waals surface area contributed by atoms with Gasteiger partial charge in [0.15, 0.2) is 4.80 Å². The highest BCUT2D eigenvalue weighted by Crippen LogP contribution is 2.33. The molecule has 0 saturated heterocycles. The van der Waals surface area contributed by atoms with Gasteiger partial charge < -0.3 is 9.47 Å². The van der Waals surface area contributed by atoms with Gasteiger partial charge in [0.05, 0.1) is 22.4 Å². The number of carbonyl (C=O) groups is 1. The maximum atomic E-state index is 13.7. The summed E-state index contributed by atoms with van der Waals surface area (Å²) in [6, 6.07) is 20.6. The molecule has 39 heavy (non-hydrogen) atoms. The molecule has 0 saturated carbocycles. The molecule has 1 aliphatic rings. The summed E-state index contributed by atoms with van der Waals surface area (Å²) in [4.78, 5) is 33.2. The number of hydrogen-bond donors (Lipinski definition) is 0. The number of benzene rings is 2. The van der Waals surface area contributed by atoms with Gasteiger partial charge in [0.1, 0.15) is 18.4 Å². The molecule has 8 heteroatoms. The first-order chi connectivity index (χ1) is 19.0. The second-order valence-electron chi connectivity index (χ2n) is 9.28. The van der Waals surface area contributed by atoms with Gasteiger partial charge in [-0.3, -0.25) is 9.36 Å². The van der Waals surface area contributed by atoms with Crippen molar-refractivity contribution in [1.29, 1.82) is 0 Å². The lowest BCUT2D eigenvalue weighted by Gasteiger charge is -2.23. The maximum absolute atomic E-state index is 13.7. The number of rotatable bonds is 10. The number of thiophene rings is 1. The molecule has 1 unspecified atom stereocenters. The summed E-state index contributed by atoms with van der Waals surface area (Å²) >= 11 is 2.83. The zero-order chi connectivity index (χ0) is 27.2. The number of thiazole rings is 1. The molecular formula is C31H30N2O4S2. The fourth-order valence-electron chi connectivity index (χ4n) is 4.45. The molecule has 1 atom stereocenters. The molecule has 2 aromatic heterocycles. The molecular weight excluding hydrogens is 528 g/mol. The second kappa shape index (κ2) is 12.4. The second-order valence-corrected chi connectivity index (χ2v) is 11.3. The van der Waals surface area contributed by atoms with Crippen molar-refractivity contribution in [3.8, 4) is 5.75 Å². The number of fused-ring (bicyclic) bond motifs is 1. The molecule has 0 N–H and O–H groups in total. The van der Waals surface area contributed by atoms with E-state index in [1.165, 1.54) is 22.7 Å². The van der Waals surface area contributed by atoms with Crippen LogP contribution in [0.2, 0.25) is 0 Å². The summed E-state index contributed by atoms with van der Waals surface area (Å²) in [6.45, 7) is 4.82. The molecule has 2 aromatic carbocycles. The highest BCUT2D eigenvalue weighted by atomic mass is 32.1. The van der Waals surface area contributed by atoms with Gasteiger partial charge in [-0.2, -0.15) is 0 Å². The Morgan fingerprint density at radius 1 is 1.05 bits per heavy atom. The highest BCUT2D eigenvalue weighted by Gasteiger charge is 2.34. The van der Waals surface area contributed by atoms with Crippen molar-refractivity contribution in [3.05, 3.63) is 119 Å². The van der Waals surface area contributed by atoms with Crippen molar-refractivity contribution in [2.24, 2.45) is 4.99 Å². The number of nitrogens with zero attached hydrogens (tertiary/aromatic N) is 2. The van der Waals surface area contributed by atoms with Crippen LogP contribution in [0.5, 0.6) is 5.75 Å². The number of hydrogen-bond acceptors (Lipinski definition) is 7. The van der Waals surface area contributed by atoms with E-state index in [2.05, 4.69) is 11.9 Å². The summed E-state index contributed by atoms with van der Waals surface area (Å²) < 4.78 is 13.7. The predicted molar refractivity (Wildman–Crippen MR) is 156 cm³/mol. The van der Waals surface area contributed by atoms with E-state index >= 15 is 0 Å². The minimum atomic E-state index is -0.592. The molecule has 0 aliphatic carbocycles. The summed E-state index contributed by atoms with van der Waals surface area (Å²) in [5.41, 5.74) is 2.55. The standard InChI is InChI=1S/C31H30N2O4S2/c1-3-4-8-17-36-24-15-13-22(14-16-24)19-26-29(34)33-28(25-12-9-18-38-25)27(21(2)32-31(33)39-26)30(35)37-20-23-10-6-5-7-11-23/h5-7,9-16,18-19,28H,3-4,8,17,20H2,1-2H3. The van der Waals surface area contributed by atoms with Crippen LogP contribution in [0.25, 0.3) is 6.08 Å². The molecule has 0 fully saturated rings. The number of carbonyl (C=O) groups excluding carboxylic acids is 1. The zero-order valence-corrected chi connectivity index (χ0v) is 23.6. The Kier molecular flexibility index (Phi) is 8.54. The minimum absolute atomic E-state index is 0.149. The number of aromatic nitrogens is 1. The topological polar surface area (TPSA) is 69.9 Å². The van der Waals surface area contributed by atoms with Crippen LogP contribution in [0.1, 0.15) is 55.2 Å². The molecule has 0 amide bonds. The van der Waals surface area contributed by atoms with E-state index in [4.69, 9.17) is 9.47 Å². The summed E-state index contributed by atoms with van der Waals surface area (Å²) in [5.74, 6) is 0.346. The van der Waals surface area contributed by atoms with Crippen molar-refractivity contribution in [2.75, 3.05) is 6.61 Å². The van der Waals surface area contributed by atoms with Gasteiger partial charge in [0, 0.05) is 4.88 Å². The van der Waals surface area contributed by atoms with Crippen molar-refractivity contribution < 1.29 is 14.3 Å². The molecule has 6 nitrogen and oxygen atoms in total. The molecule has 0 radical (unpaired) electrons. The Morgan fingerprint density at radius 2 is 1.85 bits per heavy atom. The quantitative estimate of drug-likeness (QED) is 0.187. The summed E-state index contributed by atoms with van der Waals surface area (Å²) in [7, 11) is 0. The van der Waals surface area contributed by atoms with Crippen LogP contribution in [0.15, 0.2) is 93.2 Å². The monoisotopic (exact) mass is 558 g/mol. The van der Waals surface area contributed by atoms with Gasteiger partial charge >= 0.3 is 5.97 Å². The highest BCUT2D eigenvalue weighted by molar-refractivity contribution is 7.10. The van der Waals surface area contributed by atoms with Crippen LogP contribution in [0.4, 0.5) is 0 Å². The van der Waals surface area contributed by atoms with Crippen molar-refractivity contribution in [1.82, 2.24) is 4.57 Å². The van der Waals surface area contributed by atoms with E-state index in [-0.39, 0.29) is 12.2 Å². The summed E-state index contributed by atoms with van der Waals surface area (Å²) in [6.07, 6.45) is 5.20. The Labute approximate surface area is 235 Å². The van der Waals surface area contributed by atoms with E-state index in [9.17, 15) is 9.59 Å². The van der Waals surface area contributed by atoms with Crippen LogP contribution in [0.3, 0.4) is 0 Å². The smallest absolute Gasteiger partial charge is 0.338 e. The first-order valence-corrected chi connectivity index (χ1v) is 14.7. The lowest BCUT2D eigenvalue weighted by molar-refractivity contribution is -0.140. The largest absolute Gasteiger partial charge is 0.494 e. The third kappa shape index (κ3) is 6.13. The van der Waals surface area contributed by atoms with Gasteiger partial charge in [-0.05, 0) is 54.1 Å². The zero-order valence-electron chi connectivity index (χ0n) is 22.0.